The summed E-state index contributed by atoms with van der Waals surface area (Å²) in [6.45, 7) is 2.84. The number of carbonyl (C=O) groups is 2. The van der Waals surface area contributed by atoms with E-state index < -0.39 is 10.8 Å². The van der Waals surface area contributed by atoms with Gasteiger partial charge in [-0.25, -0.2) is 0 Å². The Labute approximate surface area is 133 Å². The molecule has 1 aliphatic rings. The minimum Gasteiger partial charge on any atom is -0.383 e. The monoisotopic (exact) mass is 321 g/mol. The first kappa shape index (κ1) is 16.9. The lowest BCUT2D eigenvalue weighted by Crippen LogP contribution is -2.30. The van der Waals surface area contributed by atoms with Crippen LogP contribution in [0.3, 0.4) is 0 Å². The van der Waals surface area contributed by atoms with Crippen molar-refractivity contribution in [3.63, 3.8) is 0 Å². The van der Waals surface area contributed by atoms with Crippen molar-refractivity contribution in [2.75, 3.05) is 32.1 Å². The smallest absolute Gasteiger partial charge is 0.274 e. The number of carbonyl (C=O) groups excluding carboxylic acids is 2. The van der Waals surface area contributed by atoms with E-state index in [0.717, 1.165) is 0 Å². The van der Waals surface area contributed by atoms with Gasteiger partial charge in [0.2, 0.25) is 11.8 Å². The molecule has 1 aromatic carbocycles. The molecule has 1 aliphatic heterocycles. The minimum absolute atomic E-state index is 0.0491. The highest BCUT2D eigenvalue weighted by molar-refractivity contribution is 5.97. The third-order valence-corrected chi connectivity index (χ3v) is 3.82. The fourth-order valence-corrected chi connectivity index (χ4v) is 2.49. The highest BCUT2D eigenvalue weighted by Gasteiger charge is 2.34. The van der Waals surface area contributed by atoms with Gasteiger partial charge in [0.1, 0.15) is 0 Å². The van der Waals surface area contributed by atoms with Crippen LogP contribution in [0.1, 0.15) is 12.0 Å². The van der Waals surface area contributed by atoms with Gasteiger partial charge in [0.05, 0.1) is 17.4 Å². The third-order valence-electron chi connectivity index (χ3n) is 3.82. The molecule has 0 saturated carbocycles. The summed E-state index contributed by atoms with van der Waals surface area (Å²) in [7, 11) is 1.55. The molecule has 1 N–H and O–H groups in total. The maximum absolute atomic E-state index is 12.3. The van der Waals surface area contributed by atoms with E-state index in [1.807, 2.05) is 0 Å². The molecule has 2 amide bonds. The maximum Gasteiger partial charge on any atom is 0.274 e. The molecule has 1 heterocycles. The second kappa shape index (κ2) is 7.19. The normalized spacial score (nSPS) is 17.4. The molecule has 0 aliphatic carbocycles. The van der Waals surface area contributed by atoms with E-state index in [1.54, 1.807) is 31.1 Å². The Morgan fingerprint density at radius 3 is 2.91 bits per heavy atom. The number of nitro groups is 1. The predicted molar refractivity (Wildman–Crippen MR) is 83.0 cm³/mol. The van der Waals surface area contributed by atoms with E-state index in [1.165, 1.54) is 6.07 Å². The van der Waals surface area contributed by atoms with Crippen molar-refractivity contribution in [3.05, 3.63) is 33.9 Å². The lowest BCUT2D eigenvalue weighted by Gasteiger charge is -2.15. The van der Waals surface area contributed by atoms with Gasteiger partial charge in [-0.1, -0.05) is 6.07 Å². The second-order valence-corrected chi connectivity index (χ2v) is 5.48. The van der Waals surface area contributed by atoms with E-state index in [0.29, 0.717) is 30.9 Å². The first-order chi connectivity index (χ1) is 10.9. The van der Waals surface area contributed by atoms with Gasteiger partial charge >= 0.3 is 0 Å². The molecule has 1 aromatic rings. The lowest BCUT2D eigenvalue weighted by atomic mass is 10.1. The van der Waals surface area contributed by atoms with E-state index in [4.69, 9.17) is 4.74 Å². The molecular formula is C15H19N3O5. The van der Waals surface area contributed by atoms with Gasteiger partial charge in [-0.15, -0.1) is 0 Å². The van der Waals surface area contributed by atoms with Crippen LogP contribution in [-0.2, 0) is 14.3 Å². The zero-order valence-electron chi connectivity index (χ0n) is 13.1. The number of hydrogen-bond acceptors (Lipinski definition) is 5. The molecule has 2 rings (SSSR count). The first-order valence-electron chi connectivity index (χ1n) is 7.25. The predicted octanol–water partition coefficient (Wildman–Crippen LogP) is 1.34. The van der Waals surface area contributed by atoms with Crippen molar-refractivity contribution in [2.45, 2.75) is 13.3 Å². The van der Waals surface area contributed by atoms with Gasteiger partial charge < -0.3 is 15.0 Å². The van der Waals surface area contributed by atoms with Crippen molar-refractivity contribution < 1.29 is 19.2 Å². The average molecular weight is 321 g/mol. The summed E-state index contributed by atoms with van der Waals surface area (Å²) in [5.74, 6) is -0.854. The topological polar surface area (TPSA) is 102 Å². The van der Waals surface area contributed by atoms with Crippen molar-refractivity contribution in [2.24, 2.45) is 5.92 Å². The number of rotatable bonds is 6. The van der Waals surface area contributed by atoms with Crippen molar-refractivity contribution in [1.82, 2.24) is 4.90 Å². The van der Waals surface area contributed by atoms with Gasteiger partial charge in [-0.3, -0.25) is 19.7 Å². The number of methoxy groups -OCH3 is 1. The summed E-state index contributed by atoms with van der Waals surface area (Å²) in [4.78, 5) is 36.1. The molecule has 8 nitrogen and oxygen atoms in total. The van der Waals surface area contributed by atoms with Crippen LogP contribution < -0.4 is 5.32 Å². The molecular weight excluding hydrogens is 302 g/mol. The molecule has 0 spiro atoms. The lowest BCUT2D eigenvalue weighted by molar-refractivity contribution is -0.385. The van der Waals surface area contributed by atoms with Gasteiger partial charge in [-0.05, 0) is 13.0 Å². The Balaban J connectivity index is 2.01. The number of hydrogen-bond donors (Lipinski definition) is 1. The molecule has 1 unspecified atom stereocenters. The highest BCUT2D eigenvalue weighted by atomic mass is 16.6. The van der Waals surface area contributed by atoms with Crippen LogP contribution in [0, 0.1) is 23.0 Å². The number of nitrogens with one attached hydrogen (secondary N) is 1. The summed E-state index contributed by atoms with van der Waals surface area (Å²) in [6.07, 6.45) is 0.142. The number of anilines is 1. The van der Waals surface area contributed by atoms with Crippen molar-refractivity contribution >= 4 is 23.2 Å². The largest absolute Gasteiger partial charge is 0.383 e. The van der Waals surface area contributed by atoms with Crippen molar-refractivity contribution in [3.8, 4) is 0 Å². The fraction of sp³-hybridized carbons (Fsp3) is 0.467. The Morgan fingerprint density at radius 2 is 2.26 bits per heavy atom. The third kappa shape index (κ3) is 4.04. The molecule has 8 heteroatoms. The van der Waals surface area contributed by atoms with Gasteiger partial charge in [0.15, 0.2) is 0 Å². The Hall–Kier alpha value is -2.48. The van der Waals surface area contributed by atoms with Gasteiger partial charge in [0.25, 0.3) is 5.69 Å². The number of amides is 2. The van der Waals surface area contributed by atoms with E-state index in [9.17, 15) is 19.7 Å². The van der Waals surface area contributed by atoms with E-state index in [2.05, 4.69) is 5.32 Å². The Bertz CT molecular complexity index is 632. The number of likely N-dealkylation sites (tertiary alicyclic amines) is 1. The molecule has 0 aromatic heterocycles. The Kier molecular flexibility index (Phi) is 5.28. The zero-order chi connectivity index (χ0) is 17.0. The zero-order valence-corrected chi connectivity index (χ0v) is 13.1. The minimum atomic E-state index is -0.490. The molecule has 124 valence electrons. The second-order valence-electron chi connectivity index (χ2n) is 5.48. The van der Waals surface area contributed by atoms with Crippen LogP contribution in [-0.4, -0.2) is 48.4 Å². The number of nitro benzene ring substituents is 1. The first-order valence-corrected chi connectivity index (χ1v) is 7.25. The van der Waals surface area contributed by atoms with E-state index in [-0.39, 0.29) is 23.9 Å². The number of aryl methyl sites for hydroxylation is 1. The van der Waals surface area contributed by atoms with Crippen LogP contribution in [0.5, 0.6) is 0 Å². The molecule has 0 bridgehead atoms. The fourth-order valence-electron chi connectivity index (χ4n) is 2.49. The van der Waals surface area contributed by atoms with Gasteiger partial charge in [-0.2, -0.15) is 0 Å². The van der Waals surface area contributed by atoms with Gasteiger partial charge in [0, 0.05) is 43.9 Å². The highest BCUT2D eigenvalue weighted by Crippen LogP contribution is 2.24. The Morgan fingerprint density at radius 1 is 1.52 bits per heavy atom. The van der Waals surface area contributed by atoms with Crippen molar-refractivity contribution in [1.29, 1.82) is 0 Å². The average Bonchev–Trinajstić information content (AvgIpc) is 2.88. The summed E-state index contributed by atoms with van der Waals surface area (Å²) < 4.78 is 4.93. The van der Waals surface area contributed by atoms with E-state index >= 15 is 0 Å². The van der Waals surface area contributed by atoms with Crippen LogP contribution in [0.25, 0.3) is 0 Å². The molecule has 1 fully saturated rings. The number of nitrogens with zero attached hydrogens (tertiary/aromatic N) is 2. The van der Waals surface area contributed by atoms with Crippen LogP contribution in [0.2, 0.25) is 0 Å². The molecule has 23 heavy (non-hydrogen) atoms. The summed E-state index contributed by atoms with van der Waals surface area (Å²) in [6, 6.07) is 4.52. The molecule has 1 atom stereocenters. The molecule has 1 saturated heterocycles. The number of benzene rings is 1. The molecule has 0 radical (unpaired) electrons. The van der Waals surface area contributed by atoms with Crippen LogP contribution in [0.4, 0.5) is 11.4 Å². The SMILES string of the molecule is COCCN1CC(C(=O)Nc2ccc(C)c([N+](=O)[O-])c2)CC1=O. The quantitative estimate of drug-likeness (QED) is 0.629. The summed E-state index contributed by atoms with van der Waals surface area (Å²) in [5.41, 5.74) is 0.830. The van der Waals surface area contributed by atoms with Crippen LogP contribution in [0.15, 0.2) is 18.2 Å². The van der Waals surface area contributed by atoms with Crippen LogP contribution >= 0.6 is 0 Å². The summed E-state index contributed by atoms with van der Waals surface area (Å²) in [5, 5.41) is 13.6. The summed E-state index contributed by atoms with van der Waals surface area (Å²) >= 11 is 0. The maximum atomic E-state index is 12.3. The number of ether oxygens (including phenoxy) is 1. The standard InChI is InChI=1S/C15H19N3O5/c1-10-3-4-12(8-13(10)18(21)22)16-15(20)11-7-14(19)17(9-11)5-6-23-2/h3-4,8,11H,5-7,9H2,1-2H3,(H,16,20).